The molecule has 8 rings (SSSR count). The lowest BCUT2D eigenvalue weighted by atomic mass is 9.80. The lowest BCUT2D eigenvalue weighted by Crippen LogP contribution is -2.27. The molecule has 0 bridgehead atoms. The molecule has 3 heterocycles. The number of pyridine rings is 1. The number of para-hydroxylation sites is 1. The number of hydrogen-bond acceptors (Lipinski definition) is 4. The highest BCUT2D eigenvalue weighted by Crippen LogP contribution is 2.43. The first-order chi connectivity index (χ1) is 29.3. The number of ether oxygens (including phenoxy) is 1. The first kappa shape index (κ1) is 43.8. The van der Waals surface area contributed by atoms with Gasteiger partial charge < -0.3 is 14.5 Å². The smallest absolute Gasteiger partial charge is 0.137 e. The van der Waals surface area contributed by atoms with E-state index < -0.39 is 0 Å². The number of fused-ring (bicyclic) bond motifs is 3. The van der Waals surface area contributed by atoms with Crippen molar-refractivity contribution in [3.63, 3.8) is 0 Å². The number of hydrogen-bond donors (Lipinski definition) is 0. The Kier molecular flexibility index (Phi) is 10.8. The maximum absolute atomic E-state index is 7.01. The van der Waals surface area contributed by atoms with Gasteiger partial charge in [-0.25, -0.2) is 4.98 Å². The fraction of sp³-hybridized carbons (Fsp3) is 0.362. The number of benzene rings is 5. The van der Waals surface area contributed by atoms with Crippen molar-refractivity contribution < 1.29 is 4.74 Å². The van der Waals surface area contributed by atoms with Crippen LogP contribution in [0.4, 0.5) is 11.4 Å². The van der Waals surface area contributed by atoms with Crippen molar-refractivity contribution in [3.8, 4) is 17.3 Å². The van der Waals surface area contributed by atoms with E-state index in [0.29, 0.717) is 6.67 Å². The maximum Gasteiger partial charge on any atom is 0.137 e. The van der Waals surface area contributed by atoms with E-state index >= 15 is 0 Å². The zero-order valence-electron chi connectivity index (χ0n) is 40.5. The Morgan fingerprint density at radius 3 is 1.65 bits per heavy atom. The van der Waals surface area contributed by atoms with Gasteiger partial charge in [0.25, 0.3) is 0 Å². The summed E-state index contributed by atoms with van der Waals surface area (Å²) in [5, 5.41) is 2.36. The fourth-order valence-electron chi connectivity index (χ4n) is 8.51. The molecule has 0 radical (unpaired) electrons. The lowest BCUT2D eigenvalue weighted by Gasteiger charge is -2.30. The first-order valence-electron chi connectivity index (χ1n) is 22.7. The van der Waals surface area contributed by atoms with Crippen molar-refractivity contribution in [3.05, 3.63) is 161 Å². The Bertz CT molecular complexity index is 2830. The average Bonchev–Trinajstić information content (AvgIpc) is 3.79. The van der Waals surface area contributed by atoms with Gasteiger partial charge in [0.05, 0.1) is 23.4 Å². The Morgan fingerprint density at radius 1 is 0.460 bits per heavy atom. The summed E-state index contributed by atoms with van der Waals surface area (Å²) in [4.78, 5) is 9.81. The first-order valence-corrected chi connectivity index (χ1v) is 22.7. The molecule has 0 amide bonds. The molecule has 1 aliphatic rings. The van der Waals surface area contributed by atoms with Crippen molar-refractivity contribution in [1.82, 2.24) is 9.55 Å². The van der Waals surface area contributed by atoms with E-state index in [9.17, 15) is 0 Å². The molecule has 7 aromatic rings. The molecule has 5 nitrogen and oxygen atoms in total. The third-order valence-corrected chi connectivity index (χ3v) is 12.7. The largest absolute Gasteiger partial charge is 0.457 e. The zero-order chi connectivity index (χ0) is 45.4. The monoisotopic (exact) mass is 837 g/mol. The molecule has 5 heteroatoms. The van der Waals surface area contributed by atoms with Crippen molar-refractivity contribution in [1.29, 1.82) is 0 Å². The number of rotatable bonds is 6. The maximum atomic E-state index is 7.01. The van der Waals surface area contributed by atoms with Crippen LogP contribution in [-0.2, 0) is 27.1 Å². The van der Waals surface area contributed by atoms with E-state index in [1.807, 2.05) is 6.20 Å². The molecule has 63 heavy (non-hydrogen) atoms. The Morgan fingerprint density at radius 2 is 1.03 bits per heavy atom. The second-order valence-corrected chi connectivity index (χ2v) is 22.9. The minimum absolute atomic E-state index is 0.00237. The molecule has 1 aliphatic heterocycles. The van der Waals surface area contributed by atoms with Gasteiger partial charge in [0.2, 0.25) is 0 Å². The SMILES string of the molecule is CC(C)(C)c1ccc(C2=CN(c3cc(C(C)(C)C)cc(C(C)(C)C)c3)CN2c2cc(Oc3ccc4c5ccccc5n(-c5cc(C(C)(C)C)ccn5)c4c3)cc(C(C)(C)C)c2)cc1. The molecule has 5 aromatic carbocycles. The summed E-state index contributed by atoms with van der Waals surface area (Å²) < 4.78 is 9.29. The highest BCUT2D eigenvalue weighted by Gasteiger charge is 2.30. The lowest BCUT2D eigenvalue weighted by molar-refractivity contribution is 0.479. The van der Waals surface area contributed by atoms with Crippen LogP contribution >= 0.6 is 0 Å². The number of nitrogens with zero attached hydrogens (tertiary/aromatic N) is 4. The second kappa shape index (κ2) is 15.5. The van der Waals surface area contributed by atoms with Gasteiger partial charge >= 0.3 is 0 Å². The van der Waals surface area contributed by atoms with Gasteiger partial charge in [-0.1, -0.05) is 152 Å². The van der Waals surface area contributed by atoms with Crippen LogP contribution in [0.2, 0.25) is 0 Å². The molecule has 0 atom stereocenters. The molecular weight excluding hydrogens is 769 g/mol. The van der Waals surface area contributed by atoms with Crippen LogP contribution in [0.3, 0.4) is 0 Å². The summed E-state index contributed by atoms with van der Waals surface area (Å²) in [7, 11) is 0. The molecule has 0 spiro atoms. The third-order valence-electron chi connectivity index (χ3n) is 12.7. The van der Waals surface area contributed by atoms with E-state index in [-0.39, 0.29) is 27.1 Å². The van der Waals surface area contributed by atoms with Crippen LogP contribution in [0.5, 0.6) is 11.5 Å². The van der Waals surface area contributed by atoms with Crippen molar-refractivity contribution in [2.45, 2.75) is 131 Å². The van der Waals surface area contributed by atoms with Crippen LogP contribution in [0.1, 0.15) is 137 Å². The molecule has 0 N–H and O–H groups in total. The molecule has 0 aliphatic carbocycles. The van der Waals surface area contributed by atoms with Gasteiger partial charge in [0.1, 0.15) is 17.3 Å². The average molecular weight is 837 g/mol. The second-order valence-electron chi connectivity index (χ2n) is 22.9. The summed E-state index contributed by atoms with van der Waals surface area (Å²) in [6.07, 6.45) is 4.28. The van der Waals surface area contributed by atoms with E-state index in [4.69, 9.17) is 9.72 Å². The van der Waals surface area contributed by atoms with E-state index in [1.165, 1.54) is 49.8 Å². The van der Waals surface area contributed by atoms with Gasteiger partial charge in [-0.2, -0.15) is 0 Å². The van der Waals surface area contributed by atoms with Gasteiger partial charge in [0.15, 0.2) is 0 Å². The predicted octanol–water partition coefficient (Wildman–Crippen LogP) is 15.7. The zero-order valence-corrected chi connectivity index (χ0v) is 40.5. The van der Waals surface area contributed by atoms with Crippen LogP contribution in [-0.4, -0.2) is 16.2 Å². The van der Waals surface area contributed by atoms with Crippen LogP contribution in [0.25, 0.3) is 33.3 Å². The molecule has 2 aromatic heterocycles. The quantitative estimate of drug-likeness (QED) is 0.167. The highest BCUT2D eigenvalue weighted by atomic mass is 16.5. The topological polar surface area (TPSA) is 33.5 Å². The summed E-state index contributed by atoms with van der Waals surface area (Å²) in [5.74, 6) is 2.48. The van der Waals surface area contributed by atoms with Crippen molar-refractivity contribution in [2.24, 2.45) is 0 Å². The third kappa shape index (κ3) is 8.90. The minimum Gasteiger partial charge on any atom is -0.457 e. The Labute approximate surface area is 377 Å². The van der Waals surface area contributed by atoms with E-state index in [2.05, 4.69) is 240 Å². The van der Waals surface area contributed by atoms with Crippen LogP contribution in [0.15, 0.2) is 128 Å². The summed E-state index contributed by atoms with van der Waals surface area (Å²) >= 11 is 0. The van der Waals surface area contributed by atoms with E-state index in [1.54, 1.807) is 0 Å². The summed E-state index contributed by atoms with van der Waals surface area (Å²) in [6.45, 7) is 34.9. The standard InChI is InChI=1S/C58H68N4O/c1-54(2,3)39-22-20-38(21-23-39)52-36-60(44-29-41(56(7,8)9)28-42(30-44)57(10,11)12)37-61(52)45-31-43(58(13,14)15)32-47(34-45)63-46-24-25-49-48-18-16-17-19-50(48)62(51(49)35-46)53-33-40(26-27-59-53)55(4,5)6/h16-36H,37H2,1-15H3. The molecule has 0 unspecified atom stereocenters. The van der Waals surface area contributed by atoms with Crippen molar-refractivity contribution >= 4 is 38.9 Å². The van der Waals surface area contributed by atoms with Gasteiger partial charge in [-0.3, -0.25) is 4.57 Å². The van der Waals surface area contributed by atoms with Gasteiger partial charge in [-0.05, 0) is 115 Å². The minimum atomic E-state index is -0.130. The van der Waals surface area contributed by atoms with Crippen LogP contribution < -0.4 is 14.5 Å². The van der Waals surface area contributed by atoms with Gasteiger partial charge in [0, 0.05) is 46.7 Å². The summed E-state index contributed by atoms with van der Waals surface area (Å²) in [6, 6.07) is 42.6. The van der Waals surface area contributed by atoms with E-state index in [0.717, 1.165) is 39.7 Å². The van der Waals surface area contributed by atoms with Gasteiger partial charge in [-0.15, -0.1) is 0 Å². The molecule has 0 fully saturated rings. The molecule has 326 valence electrons. The van der Waals surface area contributed by atoms with Crippen molar-refractivity contribution in [2.75, 3.05) is 16.5 Å². The summed E-state index contributed by atoms with van der Waals surface area (Å²) in [5.41, 5.74) is 13.2. The molecule has 0 saturated heterocycles. The number of aromatic nitrogens is 2. The Hall–Kier alpha value is -5.81. The molecule has 0 saturated carbocycles. The fourth-order valence-corrected chi connectivity index (χ4v) is 8.51. The highest BCUT2D eigenvalue weighted by molar-refractivity contribution is 6.09. The predicted molar refractivity (Wildman–Crippen MR) is 269 cm³/mol. The van der Waals surface area contributed by atoms with Crippen LogP contribution in [0, 0.1) is 0 Å². The number of anilines is 2. The Balaban J connectivity index is 1.25. The molecular formula is C58H68N4O. The normalized spacial score (nSPS) is 14.2.